The van der Waals surface area contributed by atoms with Crippen molar-refractivity contribution in [3.8, 4) is 5.75 Å². The molecule has 0 bridgehead atoms. The molecular formula is C22H18Cl2N2O. The van der Waals surface area contributed by atoms with Crippen LogP contribution in [0.15, 0.2) is 72.8 Å². The third kappa shape index (κ3) is 3.95. The van der Waals surface area contributed by atoms with Gasteiger partial charge in [-0.25, -0.2) is 4.98 Å². The maximum absolute atomic E-state index is 6.17. The predicted octanol–water partition coefficient (Wildman–Crippen LogP) is 6.53. The van der Waals surface area contributed by atoms with E-state index >= 15 is 0 Å². The first-order valence-electron chi connectivity index (χ1n) is 8.72. The number of fused-ring (bicyclic) bond motifs is 1. The van der Waals surface area contributed by atoms with Crippen LogP contribution in [0.5, 0.6) is 5.75 Å². The van der Waals surface area contributed by atoms with Crippen LogP contribution < -0.4 is 4.74 Å². The van der Waals surface area contributed by atoms with Crippen molar-refractivity contribution in [2.75, 3.05) is 0 Å². The van der Waals surface area contributed by atoms with Crippen LogP contribution in [0.4, 0.5) is 0 Å². The topological polar surface area (TPSA) is 27.1 Å². The van der Waals surface area contributed by atoms with Crippen LogP contribution in [-0.2, 0) is 6.54 Å². The maximum atomic E-state index is 6.17. The molecule has 1 heterocycles. The minimum Gasteiger partial charge on any atom is -0.483 e. The summed E-state index contributed by atoms with van der Waals surface area (Å²) in [4.78, 5) is 4.81. The summed E-state index contributed by atoms with van der Waals surface area (Å²) in [5, 5.41) is 1.35. The molecule has 0 spiro atoms. The molecule has 1 aromatic heterocycles. The van der Waals surface area contributed by atoms with Gasteiger partial charge in [-0.05, 0) is 55.0 Å². The van der Waals surface area contributed by atoms with Gasteiger partial charge in [0, 0.05) is 16.6 Å². The Balaban J connectivity index is 1.73. The Labute approximate surface area is 168 Å². The van der Waals surface area contributed by atoms with Gasteiger partial charge in [-0.1, -0.05) is 53.5 Å². The number of hydrogen-bond acceptors (Lipinski definition) is 2. The summed E-state index contributed by atoms with van der Waals surface area (Å²) in [6.45, 7) is 2.71. The van der Waals surface area contributed by atoms with Gasteiger partial charge in [0.2, 0.25) is 0 Å². The largest absolute Gasteiger partial charge is 0.483 e. The zero-order valence-electron chi connectivity index (χ0n) is 14.8. The zero-order chi connectivity index (χ0) is 18.8. The number of nitrogens with zero attached hydrogens (tertiary/aromatic N) is 2. The van der Waals surface area contributed by atoms with Gasteiger partial charge >= 0.3 is 0 Å². The van der Waals surface area contributed by atoms with E-state index in [0.29, 0.717) is 16.6 Å². The van der Waals surface area contributed by atoms with Crippen LogP contribution in [0.3, 0.4) is 0 Å². The van der Waals surface area contributed by atoms with Crippen molar-refractivity contribution in [3.05, 3.63) is 94.2 Å². The molecule has 0 amide bonds. The molecule has 5 heteroatoms. The quantitative estimate of drug-likeness (QED) is 0.383. The lowest BCUT2D eigenvalue weighted by Crippen LogP contribution is -2.12. The molecule has 0 saturated carbocycles. The van der Waals surface area contributed by atoms with E-state index in [0.717, 1.165) is 22.6 Å². The molecule has 0 N–H and O–H groups in total. The van der Waals surface area contributed by atoms with Gasteiger partial charge in [-0.3, -0.25) is 0 Å². The van der Waals surface area contributed by atoms with Gasteiger partial charge in [0.05, 0.1) is 11.0 Å². The Bertz CT molecular complexity index is 1060. The molecule has 0 aliphatic carbocycles. The highest BCUT2D eigenvalue weighted by Crippen LogP contribution is 2.28. The molecule has 27 heavy (non-hydrogen) atoms. The number of imidazole rings is 1. The molecule has 3 nitrogen and oxygen atoms in total. The number of ether oxygens (including phenoxy) is 1. The lowest BCUT2D eigenvalue weighted by atomic mass is 10.2. The lowest BCUT2D eigenvalue weighted by Gasteiger charge is -2.17. The van der Waals surface area contributed by atoms with Crippen molar-refractivity contribution in [2.45, 2.75) is 19.6 Å². The third-order valence-electron chi connectivity index (χ3n) is 4.41. The van der Waals surface area contributed by atoms with E-state index in [1.807, 2.05) is 67.6 Å². The fourth-order valence-electron chi connectivity index (χ4n) is 3.13. The number of benzene rings is 3. The standard InChI is InChI=1S/C22H18Cl2N2O/c1-15(27-19-10-7-17(23)8-11-19)22-25-20-13-18(24)9-12-21(20)26(22)14-16-5-3-2-4-6-16/h2-13,15H,14H2,1H3/t15-/m0/s1. The first kappa shape index (κ1) is 17.9. The van der Waals surface area contributed by atoms with Gasteiger partial charge in [-0.2, -0.15) is 0 Å². The number of hydrogen-bond donors (Lipinski definition) is 0. The van der Waals surface area contributed by atoms with Crippen LogP contribution >= 0.6 is 23.2 Å². The van der Waals surface area contributed by atoms with E-state index in [2.05, 4.69) is 16.7 Å². The molecular weight excluding hydrogens is 379 g/mol. The molecule has 0 unspecified atom stereocenters. The summed E-state index contributed by atoms with van der Waals surface area (Å²) < 4.78 is 8.30. The highest BCUT2D eigenvalue weighted by atomic mass is 35.5. The number of aromatic nitrogens is 2. The Morgan fingerprint density at radius 3 is 2.37 bits per heavy atom. The van der Waals surface area contributed by atoms with Crippen molar-refractivity contribution in [1.82, 2.24) is 9.55 Å². The van der Waals surface area contributed by atoms with Gasteiger partial charge in [-0.15, -0.1) is 0 Å². The van der Waals surface area contributed by atoms with Crippen LogP contribution in [0.1, 0.15) is 24.4 Å². The Kier molecular flexibility index (Phi) is 5.06. The van der Waals surface area contributed by atoms with Crippen molar-refractivity contribution < 1.29 is 4.74 Å². The van der Waals surface area contributed by atoms with Crippen molar-refractivity contribution >= 4 is 34.2 Å². The number of halogens is 2. The predicted molar refractivity (Wildman–Crippen MR) is 111 cm³/mol. The van der Waals surface area contributed by atoms with Crippen molar-refractivity contribution in [2.24, 2.45) is 0 Å². The van der Waals surface area contributed by atoms with Gasteiger partial charge < -0.3 is 9.30 Å². The van der Waals surface area contributed by atoms with E-state index < -0.39 is 0 Å². The summed E-state index contributed by atoms with van der Waals surface area (Å²) in [6, 6.07) is 23.4. The van der Waals surface area contributed by atoms with E-state index in [1.165, 1.54) is 5.56 Å². The van der Waals surface area contributed by atoms with E-state index in [1.54, 1.807) is 0 Å². The molecule has 0 radical (unpaired) electrons. The third-order valence-corrected chi connectivity index (χ3v) is 4.90. The molecule has 0 fully saturated rings. The minimum atomic E-state index is -0.235. The lowest BCUT2D eigenvalue weighted by molar-refractivity contribution is 0.212. The summed E-state index contributed by atoms with van der Waals surface area (Å²) in [7, 11) is 0. The summed E-state index contributed by atoms with van der Waals surface area (Å²) in [6.07, 6.45) is -0.235. The zero-order valence-corrected chi connectivity index (χ0v) is 16.3. The van der Waals surface area contributed by atoms with Crippen LogP contribution in [-0.4, -0.2) is 9.55 Å². The molecule has 136 valence electrons. The number of rotatable bonds is 5. The van der Waals surface area contributed by atoms with Gasteiger partial charge in [0.25, 0.3) is 0 Å². The first-order valence-corrected chi connectivity index (χ1v) is 9.47. The monoisotopic (exact) mass is 396 g/mol. The molecule has 4 rings (SSSR count). The minimum absolute atomic E-state index is 0.235. The molecule has 0 aliphatic rings. The highest BCUT2D eigenvalue weighted by Gasteiger charge is 2.19. The fraction of sp³-hybridized carbons (Fsp3) is 0.136. The summed E-state index contributed by atoms with van der Waals surface area (Å²) >= 11 is 12.1. The molecule has 0 saturated heterocycles. The van der Waals surface area contributed by atoms with Crippen molar-refractivity contribution in [1.29, 1.82) is 0 Å². The smallest absolute Gasteiger partial charge is 0.153 e. The van der Waals surface area contributed by atoms with Crippen LogP contribution in [0.2, 0.25) is 10.0 Å². The van der Waals surface area contributed by atoms with Crippen LogP contribution in [0, 0.1) is 0 Å². The van der Waals surface area contributed by atoms with E-state index in [-0.39, 0.29) is 6.10 Å². The average molecular weight is 397 g/mol. The molecule has 1 atom stereocenters. The fourth-order valence-corrected chi connectivity index (χ4v) is 3.43. The second-order valence-electron chi connectivity index (χ2n) is 6.39. The van der Waals surface area contributed by atoms with E-state index in [9.17, 15) is 0 Å². The Morgan fingerprint density at radius 1 is 0.926 bits per heavy atom. The van der Waals surface area contributed by atoms with Gasteiger partial charge in [0.1, 0.15) is 5.75 Å². The van der Waals surface area contributed by atoms with Gasteiger partial charge in [0.15, 0.2) is 11.9 Å². The first-order chi connectivity index (χ1) is 13.1. The highest BCUT2D eigenvalue weighted by molar-refractivity contribution is 6.31. The molecule has 0 aliphatic heterocycles. The van der Waals surface area contributed by atoms with E-state index in [4.69, 9.17) is 32.9 Å². The second-order valence-corrected chi connectivity index (χ2v) is 7.26. The SMILES string of the molecule is C[C@H](Oc1ccc(Cl)cc1)c1nc2cc(Cl)ccc2n1Cc1ccccc1. The van der Waals surface area contributed by atoms with Crippen LogP contribution in [0.25, 0.3) is 11.0 Å². The normalized spacial score (nSPS) is 12.3. The molecule has 3 aromatic carbocycles. The Morgan fingerprint density at radius 2 is 1.63 bits per heavy atom. The summed E-state index contributed by atoms with van der Waals surface area (Å²) in [5.41, 5.74) is 3.09. The summed E-state index contributed by atoms with van der Waals surface area (Å²) in [5.74, 6) is 1.61. The average Bonchev–Trinajstić information content (AvgIpc) is 3.02. The Hall–Kier alpha value is -2.49. The maximum Gasteiger partial charge on any atom is 0.153 e. The molecule has 4 aromatic rings. The van der Waals surface area contributed by atoms with Crippen molar-refractivity contribution in [3.63, 3.8) is 0 Å². The second kappa shape index (κ2) is 7.63.